The first-order valence-corrected chi connectivity index (χ1v) is 8.47. The summed E-state index contributed by atoms with van der Waals surface area (Å²) in [7, 11) is 1.93. The highest BCUT2D eigenvalue weighted by Crippen LogP contribution is 2.24. The molecule has 0 bridgehead atoms. The maximum Gasteiger partial charge on any atom is 0.317 e. The van der Waals surface area contributed by atoms with E-state index >= 15 is 0 Å². The molecule has 0 aromatic carbocycles. The van der Waals surface area contributed by atoms with Gasteiger partial charge in [0.05, 0.1) is 6.54 Å². The van der Waals surface area contributed by atoms with E-state index in [9.17, 15) is 4.79 Å². The highest BCUT2D eigenvalue weighted by atomic mass is 32.1. The average molecular weight is 310 g/mol. The number of rotatable bonds is 5. The van der Waals surface area contributed by atoms with Crippen LogP contribution in [0.1, 0.15) is 34.6 Å². The van der Waals surface area contributed by atoms with Crippen molar-refractivity contribution < 1.29 is 9.90 Å². The van der Waals surface area contributed by atoms with E-state index in [1.165, 1.54) is 15.3 Å². The second-order valence-electron chi connectivity index (χ2n) is 6.11. The number of aryl methyl sites for hydroxylation is 2. The fourth-order valence-electron chi connectivity index (χ4n) is 3.16. The number of carbonyl (C=O) groups is 1. The highest BCUT2D eigenvalue weighted by Gasteiger charge is 2.22. The summed E-state index contributed by atoms with van der Waals surface area (Å²) in [5, 5.41) is 8.91. The number of thiophene rings is 1. The van der Waals surface area contributed by atoms with Crippen molar-refractivity contribution >= 4 is 17.3 Å². The van der Waals surface area contributed by atoms with Gasteiger partial charge in [-0.2, -0.15) is 0 Å². The largest absolute Gasteiger partial charge is 0.480 e. The molecule has 2 heterocycles. The van der Waals surface area contributed by atoms with E-state index in [0.717, 1.165) is 38.9 Å². The third kappa shape index (κ3) is 4.80. The van der Waals surface area contributed by atoms with Gasteiger partial charge in [-0.15, -0.1) is 11.3 Å². The van der Waals surface area contributed by atoms with Crippen LogP contribution in [0.5, 0.6) is 0 Å². The maximum absolute atomic E-state index is 10.8. The van der Waals surface area contributed by atoms with Gasteiger partial charge in [0.2, 0.25) is 0 Å². The van der Waals surface area contributed by atoms with E-state index in [-0.39, 0.29) is 6.54 Å². The van der Waals surface area contributed by atoms with Crippen molar-refractivity contribution in [2.45, 2.75) is 45.7 Å². The molecule has 1 N–H and O–H groups in total. The summed E-state index contributed by atoms with van der Waals surface area (Å²) in [6, 6.07) is 2.70. The van der Waals surface area contributed by atoms with Gasteiger partial charge in [0.1, 0.15) is 0 Å². The third-order valence-corrected chi connectivity index (χ3v) is 5.34. The molecule has 1 aromatic heterocycles. The Morgan fingerprint density at radius 2 is 2.19 bits per heavy atom. The van der Waals surface area contributed by atoms with Crippen LogP contribution in [0.25, 0.3) is 0 Å². The van der Waals surface area contributed by atoms with Crippen molar-refractivity contribution in [1.82, 2.24) is 9.80 Å². The van der Waals surface area contributed by atoms with Gasteiger partial charge in [0.25, 0.3) is 0 Å². The van der Waals surface area contributed by atoms with E-state index in [1.54, 1.807) is 0 Å². The van der Waals surface area contributed by atoms with Crippen molar-refractivity contribution in [3.05, 3.63) is 21.4 Å². The minimum atomic E-state index is -0.733. The molecule has 118 valence electrons. The van der Waals surface area contributed by atoms with Gasteiger partial charge in [-0.1, -0.05) is 0 Å². The molecule has 0 amide bonds. The maximum atomic E-state index is 10.8. The Kier molecular flexibility index (Phi) is 5.79. The van der Waals surface area contributed by atoms with Crippen LogP contribution in [0.15, 0.2) is 6.07 Å². The summed E-state index contributed by atoms with van der Waals surface area (Å²) in [4.78, 5) is 18.2. The number of hydrogen-bond donors (Lipinski definition) is 1. The zero-order valence-electron chi connectivity index (χ0n) is 13.3. The van der Waals surface area contributed by atoms with Crippen molar-refractivity contribution in [2.24, 2.45) is 0 Å². The smallest absolute Gasteiger partial charge is 0.317 e. The number of aliphatic carboxylic acids is 1. The monoisotopic (exact) mass is 310 g/mol. The minimum Gasteiger partial charge on any atom is -0.480 e. The molecule has 1 atom stereocenters. The second-order valence-corrected chi connectivity index (χ2v) is 7.57. The fourth-order valence-corrected chi connectivity index (χ4v) is 4.10. The van der Waals surface area contributed by atoms with Gasteiger partial charge < -0.3 is 5.11 Å². The molecule has 1 aliphatic rings. The Morgan fingerprint density at radius 1 is 1.43 bits per heavy atom. The molecule has 0 saturated carbocycles. The Hall–Kier alpha value is -0.910. The Balaban J connectivity index is 1.88. The lowest BCUT2D eigenvalue weighted by molar-refractivity contribution is -0.138. The summed E-state index contributed by atoms with van der Waals surface area (Å²) in [6.07, 6.45) is 3.31. The molecule has 1 aliphatic heterocycles. The molecule has 0 radical (unpaired) electrons. The van der Waals surface area contributed by atoms with Crippen LogP contribution < -0.4 is 0 Å². The number of carboxylic acids is 1. The number of hydrogen-bond acceptors (Lipinski definition) is 4. The Labute approximate surface area is 131 Å². The molecule has 5 heteroatoms. The molecule has 1 aromatic rings. The number of likely N-dealkylation sites (tertiary alicyclic amines) is 1. The summed E-state index contributed by atoms with van der Waals surface area (Å²) in [5.74, 6) is -0.733. The predicted octanol–water partition coefficient (Wildman–Crippen LogP) is 2.74. The van der Waals surface area contributed by atoms with E-state index in [4.69, 9.17) is 5.11 Å². The zero-order valence-corrected chi connectivity index (χ0v) is 14.1. The number of carboxylic acid groups (broad SMARTS) is 1. The van der Waals surface area contributed by atoms with Crippen LogP contribution in [0, 0.1) is 13.8 Å². The average Bonchev–Trinajstić information content (AvgIpc) is 2.61. The summed E-state index contributed by atoms with van der Waals surface area (Å²) < 4.78 is 0. The van der Waals surface area contributed by atoms with Gasteiger partial charge in [-0.3, -0.25) is 14.6 Å². The van der Waals surface area contributed by atoms with Crippen LogP contribution in [-0.4, -0.2) is 53.6 Å². The fraction of sp³-hybridized carbons (Fsp3) is 0.688. The molecule has 2 rings (SSSR count). The number of nitrogens with zero attached hydrogens (tertiary/aromatic N) is 2. The first-order valence-electron chi connectivity index (χ1n) is 7.66. The molecule has 1 unspecified atom stereocenters. The lowest BCUT2D eigenvalue weighted by Crippen LogP contribution is -2.36. The quantitative estimate of drug-likeness (QED) is 0.908. The van der Waals surface area contributed by atoms with Gasteiger partial charge in [-0.05, 0) is 64.9 Å². The predicted molar refractivity (Wildman–Crippen MR) is 87.0 cm³/mol. The highest BCUT2D eigenvalue weighted by molar-refractivity contribution is 7.12. The summed E-state index contributed by atoms with van der Waals surface area (Å²) >= 11 is 1.88. The molecule has 1 fully saturated rings. The standard InChI is InChI=1S/C16H26N2O2S/c1-12-9-14(13(2)21-12)10-18-7-4-5-15(6-8-18)17(3)11-16(19)20/h9,15H,4-8,10-11H2,1-3H3,(H,19,20). The normalized spacial score (nSPS) is 20.7. The van der Waals surface area contributed by atoms with Crippen molar-refractivity contribution in [3.8, 4) is 0 Å². The van der Waals surface area contributed by atoms with Crippen molar-refractivity contribution in [3.63, 3.8) is 0 Å². The van der Waals surface area contributed by atoms with Crippen molar-refractivity contribution in [1.29, 1.82) is 0 Å². The van der Waals surface area contributed by atoms with Crippen molar-refractivity contribution in [2.75, 3.05) is 26.7 Å². The summed E-state index contributed by atoms with van der Waals surface area (Å²) in [6.45, 7) is 7.72. The lowest BCUT2D eigenvalue weighted by atomic mass is 10.1. The first-order chi connectivity index (χ1) is 9.95. The molecular formula is C16H26N2O2S. The Bertz CT molecular complexity index is 487. The van der Waals surface area contributed by atoms with E-state index < -0.39 is 5.97 Å². The first kappa shape index (κ1) is 16.5. The van der Waals surface area contributed by atoms with E-state index in [1.807, 2.05) is 23.3 Å². The minimum absolute atomic E-state index is 0.146. The van der Waals surface area contributed by atoms with Crippen LogP contribution in [0.3, 0.4) is 0 Å². The molecule has 4 nitrogen and oxygen atoms in total. The second kappa shape index (κ2) is 7.38. The molecule has 1 saturated heterocycles. The molecule has 21 heavy (non-hydrogen) atoms. The molecule has 0 aliphatic carbocycles. The topological polar surface area (TPSA) is 43.8 Å². The van der Waals surface area contributed by atoms with E-state index in [0.29, 0.717) is 6.04 Å². The van der Waals surface area contributed by atoms with Crippen LogP contribution in [-0.2, 0) is 11.3 Å². The summed E-state index contributed by atoms with van der Waals surface area (Å²) in [5.41, 5.74) is 1.45. The van der Waals surface area contributed by atoms with Crippen LogP contribution >= 0.6 is 11.3 Å². The number of likely N-dealkylation sites (N-methyl/N-ethyl adjacent to an activating group) is 1. The third-order valence-electron chi connectivity index (χ3n) is 4.34. The van der Waals surface area contributed by atoms with Gasteiger partial charge in [0, 0.05) is 22.3 Å². The molecule has 0 spiro atoms. The van der Waals surface area contributed by atoms with Gasteiger partial charge in [-0.25, -0.2) is 0 Å². The van der Waals surface area contributed by atoms with Crippen LogP contribution in [0.2, 0.25) is 0 Å². The van der Waals surface area contributed by atoms with Gasteiger partial charge >= 0.3 is 5.97 Å². The van der Waals surface area contributed by atoms with E-state index in [2.05, 4.69) is 24.8 Å². The lowest BCUT2D eigenvalue weighted by Gasteiger charge is -2.25. The SMILES string of the molecule is Cc1cc(CN2CCCC(N(C)CC(=O)O)CC2)c(C)s1. The Morgan fingerprint density at radius 3 is 2.81 bits per heavy atom. The van der Waals surface area contributed by atoms with Crippen LogP contribution in [0.4, 0.5) is 0 Å². The molecular weight excluding hydrogens is 284 g/mol. The van der Waals surface area contributed by atoms with Gasteiger partial charge in [0.15, 0.2) is 0 Å². The zero-order chi connectivity index (χ0) is 15.4.